The second-order valence-electron chi connectivity index (χ2n) is 5.65. The molecular weight excluding hydrogens is 276 g/mol. The summed E-state index contributed by atoms with van der Waals surface area (Å²) >= 11 is 0. The predicted molar refractivity (Wildman–Crippen MR) is 86.5 cm³/mol. The van der Waals surface area contributed by atoms with Crippen molar-refractivity contribution in [2.75, 3.05) is 12.8 Å². The summed E-state index contributed by atoms with van der Waals surface area (Å²) in [4.78, 5) is 4.84. The molecule has 1 aliphatic rings. The Balaban J connectivity index is 1.90. The molecule has 3 aromatic rings. The molecule has 2 N–H and O–H groups in total. The van der Waals surface area contributed by atoms with Gasteiger partial charge in [-0.2, -0.15) is 5.10 Å². The van der Waals surface area contributed by atoms with Crippen LogP contribution in [-0.2, 0) is 12.8 Å². The predicted octanol–water partition coefficient (Wildman–Crippen LogP) is 2.89. The van der Waals surface area contributed by atoms with Crippen molar-refractivity contribution in [3.05, 3.63) is 41.7 Å². The van der Waals surface area contributed by atoms with Crippen LogP contribution in [0, 0.1) is 0 Å². The summed E-state index contributed by atoms with van der Waals surface area (Å²) in [6.45, 7) is 0. The van der Waals surface area contributed by atoms with Gasteiger partial charge in [0, 0.05) is 11.4 Å². The van der Waals surface area contributed by atoms with Crippen LogP contribution in [0.3, 0.4) is 0 Å². The van der Waals surface area contributed by atoms with Gasteiger partial charge in [0.05, 0.1) is 24.4 Å². The van der Waals surface area contributed by atoms with Crippen molar-refractivity contribution in [3.8, 4) is 11.4 Å². The summed E-state index contributed by atoms with van der Waals surface area (Å²) in [6, 6.07) is 7.79. The lowest BCUT2D eigenvalue weighted by molar-refractivity contribution is 0.414. The smallest absolute Gasteiger partial charge is 0.165 e. The Hall–Kier alpha value is -2.56. The van der Waals surface area contributed by atoms with Crippen LogP contribution in [0.25, 0.3) is 16.7 Å². The van der Waals surface area contributed by atoms with E-state index in [0.717, 1.165) is 46.7 Å². The fourth-order valence-electron chi connectivity index (χ4n) is 3.15. The maximum Gasteiger partial charge on any atom is 0.165 e. The van der Waals surface area contributed by atoms with Gasteiger partial charge in [0.1, 0.15) is 5.75 Å². The van der Waals surface area contributed by atoms with E-state index < -0.39 is 0 Å². The summed E-state index contributed by atoms with van der Waals surface area (Å²) < 4.78 is 7.05. The fraction of sp³-hybridized carbons (Fsp3) is 0.294. The minimum absolute atomic E-state index is 0.824. The van der Waals surface area contributed by atoms with Gasteiger partial charge in [-0.3, -0.25) is 0 Å². The third-order valence-corrected chi connectivity index (χ3v) is 4.36. The van der Waals surface area contributed by atoms with Crippen molar-refractivity contribution in [2.24, 2.45) is 0 Å². The molecule has 0 aliphatic heterocycles. The molecule has 0 saturated carbocycles. The van der Waals surface area contributed by atoms with Gasteiger partial charge in [0.25, 0.3) is 0 Å². The van der Waals surface area contributed by atoms with Crippen LogP contribution in [0.5, 0.6) is 5.75 Å². The molecule has 0 spiro atoms. The maximum atomic E-state index is 6.36. The first-order valence-corrected chi connectivity index (χ1v) is 7.57. The van der Waals surface area contributed by atoms with Crippen molar-refractivity contribution >= 4 is 16.7 Å². The first-order valence-electron chi connectivity index (χ1n) is 7.57. The van der Waals surface area contributed by atoms with Crippen LogP contribution < -0.4 is 10.5 Å². The van der Waals surface area contributed by atoms with E-state index in [1.807, 2.05) is 35.1 Å². The average molecular weight is 294 g/mol. The van der Waals surface area contributed by atoms with E-state index in [2.05, 4.69) is 5.10 Å². The Kier molecular flexibility index (Phi) is 2.99. The van der Waals surface area contributed by atoms with Crippen molar-refractivity contribution < 1.29 is 4.74 Å². The second-order valence-corrected chi connectivity index (χ2v) is 5.65. The molecule has 5 heteroatoms. The summed E-state index contributed by atoms with van der Waals surface area (Å²) in [7, 11) is 1.66. The van der Waals surface area contributed by atoms with Gasteiger partial charge in [-0.25, -0.2) is 9.67 Å². The number of nitrogens with zero attached hydrogens (tertiary/aromatic N) is 3. The van der Waals surface area contributed by atoms with Crippen LogP contribution in [-0.4, -0.2) is 21.9 Å². The number of nitrogen functional groups attached to an aromatic ring is 1. The van der Waals surface area contributed by atoms with E-state index in [9.17, 15) is 0 Å². The Bertz CT molecular complexity index is 836. The number of hydrogen-bond donors (Lipinski definition) is 1. The van der Waals surface area contributed by atoms with Crippen molar-refractivity contribution in [2.45, 2.75) is 25.7 Å². The molecule has 0 unspecified atom stereocenters. The fourth-order valence-corrected chi connectivity index (χ4v) is 3.15. The van der Waals surface area contributed by atoms with Gasteiger partial charge in [-0.05, 0) is 55.5 Å². The maximum absolute atomic E-state index is 6.36. The Morgan fingerprint density at radius 1 is 1.14 bits per heavy atom. The first kappa shape index (κ1) is 13.1. The number of anilines is 1. The largest absolute Gasteiger partial charge is 0.497 e. The summed E-state index contributed by atoms with van der Waals surface area (Å²) in [6.07, 6.45) is 6.22. The Morgan fingerprint density at radius 2 is 1.91 bits per heavy atom. The molecule has 0 radical (unpaired) electrons. The number of hydrogen-bond acceptors (Lipinski definition) is 4. The van der Waals surface area contributed by atoms with Crippen LogP contribution in [0.1, 0.15) is 24.1 Å². The molecule has 0 atom stereocenters. The van der Waals surface area contributed by atoms with E-state index in [4.69, 9.17) is 15.5 Å². The first-order chi connectivity index (χ1) is 10.8. The normalized spacial score (nSPS) is 14.0. The zero-order valence-corrected chi connectivity index (χ0v) is 12.5. The molecule has 0 amide bonds. The highest BCUT2D eigenvalue weighted by Crippen LogP contribution is 2.31. The Labute approximate surface area is 128 Å². The number of pyridine rings is 1. The summed E-state index contributed by atoms with van der Waals surface area (Å²) in [5.41, 5.74) is 11.4. The van der Waals surface area contributed by atoms with Crippen molar-refractivity contribution in [1.82, 2.24) is 14.8 Å². The highest BCUT2D eigenvalue weighted by atomic mass is 16.5. The summed E-state index contributed by atoms with van der Waals surface area (Å²) in [5, 5.41) is 5.43. The molecular formula is C17H18N4O. The summed E-state index contributed by atoms with van der Waals surface area (Å²) in [5.74, 6) is 0.824. The molecule has 112 valence electrons. The monoisotopic (exact) mass is 294 g/mol. The molecule has 4 rings (SSSR count). The van der Waals surface area contributed by atoms with Gasteiger partial charge in [-0.15, -0.1) is 0 Å². The zero-order valence-electron chi connectivity index (χ0n) is 12.5. The number of aromatic nitrogens is 3. The molecule has 0 saturated heterocycles. The average Bonchev–Trinajstić information content (AvgIpc) is 2.99. The number of rotatable bonds is 2. The molecule has 1 aliphatic carbocycles. The second kappa shape index (κ2) is 5.02. The lowest BCUT2D eigenvalue weighted by Crippen LogP contribution is -2.10. The van der Waals surface area contributed by atoms with Crippen LogP contribution in [0.2, 0.25) is 0 Å². The lowest BCUT2D eigenvalue weighted by Gasteiger charge is -2.17. The molecule has 5 nitrogen and oxygen atoms in total. The highest BCUT2D eigenvalue weighted by Gasteiger charge is 2.19. The topological polar surface area (TPSA) is 66.0 Å². The zero-order chi connectivity index (χ0) is 15.1. The molecule has 1 aromatic carbocycles. The number of ether oxygens (including phenoxy) is 1. The van der Waals surface area contributed by atoms with Crippen molar-refractivity contribution in [3.63, 3.8) is 0 Å². The standard InChI is InChI=1S/C17H18N4O/c1-22-12-8-6-11(7-9-12)21-17-14(10-19-21)16(18)13-4-2-3-5-15(13)20-17/h6-10H,2-5H2,1H3,(H2,18,20). The Morgan fingerprint density at radius 3 is 2.68 bits per heavy atom. The van der Waals surface area contributed by atoms with E-state index in [1.165, 1.54) is 18.4 Å². The minimum Gasteiger partial charge on any atom is -0.497 e. The number of benzene rings is 1. The minimum atomic E-state index is 0.824. The van der Waals surface area contributed by atoms with Gasteiger partial charge in [0.2, 0.25) is 0 Å². The van der Waals surface area contributed by atoms with Gasteiger partial charge < -0.3 is 10.5 Å². The molecule has 0 bridgehead atoms. The van der Waals surface area contributed by atoms with E-state index in [1.54, 1.807) is 7.11 Å². The molecule has 22 heavy (non-hydrogen) atoms. The van der Waals surface area contributed by atoms with Crippen molar-refractivity contribution in [1.29, 1.82) is 0 Å². The number of nitrogens with two attached hydrogens (primary N) is 1. The number of methoxy groups -OCH3 is 1. The third kappa shape index (κ3) is 1.93. The number of fused-ring (bicyclic) bond motifs is 2. The van der Waals surface area contributed by atoms with E-state index in [-0.39, 0.29) is 0 Å². The highest BCUT2D eigenvalue weighted by molar-refractivity contribution is 5.90. The van der Waals surface area contributed by atoms with E-state index in [0.29, 0.717) is 0 Å². The third-order valence-electron chi connectivity index (χ3n) is 4.36. The molecule has 0 fully saturated rings. The van der Waals surface area contributed by atoms with Crippen LogP contribution in [0.15, 0.2) is 30.5 Å². The van der Waals surface area contributed by atoms with E-state index >= 15 is 0 Å². The van der Waals surface area contributed by atoms with Crippen LogP contribution >= 0.6 is 0 Å². The quantitative estimate of drug-likeness (QED) is 0.789. The lowest BCUT2D eigenvalue weighted by atomic mass is 9.94. The van der Waals surface area contributed by atoms with Gasteiger partial charge in [-0.1, -0.05) is 0 Å². The molecule has 2 heterocycles. The van der Waals surface area contributed by atoms with Crippen LogP contribution in [0.4, 0.5) is 5.69 Å². The molecule has 2 aromatic heterocycles. The van der Waals surface area contributed by atoms with Gasteiger partial charge >= 0.3 is 0 Å². The number of aryl methyl sites for hydroxylation is 1. The SMILES string of the molecule is COc1ccc(-n2ncc3c(N)c4c(nc32)CCCC4)cc1. The van der Waals surface area contributed by atoms with Gasteiger partial charge in [0.15, 0.2) is 5.65 Å².